The Morgan fingerprint density at radius 1 is 1.29 bits per heavy atom. The van der Waals surface area contributed by atoms with Crippen molar-refractivity contribution in [2.45, 2.75) is 6.92 Å². The molecule has 0 amide bonds. The lowest BCUT2D eigenvalue weighted by Gasteiger charge is -1.98. The molecule has 0 radical (unpaired) electrons. The number of hydrogen-bond donors (Lipinski definition) is 1. The smallest absolute Gasteiger partial charge is 0.223 e. The molecular formula is C8H10N6. The van der Waals surface area contributed by atoms with Gasteiger partial charge in [0.25, 0.3) is 0 Å². The van der Waals surface area contributed by atoms with Gasteiger partial charge >= 0.3 is 0 Å². The van der Waals surface area contributed by atoms with Gasteiger partial charge in [0.1, 0.15) is 5.82 Å². The van der Waals surface area contributed by atoms with E-state index in [1.165, 1.54) is 0 Å². The van der Waals surface area contributed by atoms with Gasteiger partial charge in [0.2, 0.25) is 5.95 Å². The van der Waals surface area contributed by atoms with Crippen molar-refractivity contribution in [3.63, 3.8) is 0 Å². The third-order valence-corrected chi connectivity index (χ3v) is 1.73. The molecule has 0 unspecified atom stereocenters. The molecular weight excluding hydrogens is 180 g/mol. The highest BCUT2D eigenvalue weighted by molar-refractivity contribution is 5.53. The minimum Gasteiger partial charge on any atom is -0.368 e. The SMILES string of the molecule is Cc1nc(N)nc(-c2cnn(C)c2)n1. The van der Waals surface area contributed by atoms with Gasteiger partial charge in [-0.1, -0.05) is 0 Å². The predicted molar refractivity (Wildman–Crippen MR) is 51.2 cm³/mol. The summed E-state index contributed by atoms with van der Waals surface area (Å²) in [5.41, 5.74) is 6.35. The van der Waals surface area contributed by atoms with Gasteiger partial charge in [-0.25, -0.2) is 4.98 Å². The number of nitrogens with two attached hydrogens (primary N) is 1. The molecule has 0 fully saturated rings. The summed E-state index contributed by atoms with van der Waals surface area (Å²) >= 11 is 0. The van der Waals surface area contributed by atoms with Crippen LogP contribution in [-0.4, -0.2) is 24.7 Å². The van der Waals surface area contributed by atoms with Crippen molar-refractivity contribution < 1.29 is 0 Å². The topological polar surface area (TPSA) is 82.5 Å². The Balaban J connectivity index is 2.51. The van der Waals surface area contributed by atoms with Crippen molar-refractivity contribution in [3.05, 3.63) is 18.2 Å². The monoisotopic (exact) mass is 190 g/mol. The molecule has 0 aromatic carbocycles. The summed E-state index contributed by atoms with van der Waals surface area (Å²) in [5.74, 6) is 1.40. The highest BCUT2D eigenvalue weighted by atomic mass is 15.2. The Morgan fingerprint density at radius 2 is 2.07 bits per heavy atom. The van der Waals surface area contributed by atoms with Crippen LogP contribution in [-0.2, 0) is 7.05 Å². The average Bonchev–Trinajstić information content (AvgIpc) is 2.50. The van der Waals surface area contributed by atoms with Crippen molar-refractivity contribution in [2.24, 2.45) is 7.05 Å². The number of nitrogens with zero attached hydrogens (tertiary/aromatic N) is 5. The number of aromatic nitrogens is 5. The standard InChI is InChI=1S/C8H10N6/c1-5-11-7(13-8(9)12-5)6-3-10-14(2)4-6/h3-4H,1-2H3,(H2,9,11,12,13). The third-order valence-electron chi connectivity index (χ3n) is 1.73. The van der Waals surface area contributed by atoms with Gasteiger partial charge in [-0.15, -0.1) is 0 Å². The fourth-order valence-corrected chi connectivity index (χ4v) is 1.17. The van der Waals surface area contributed by atoms with Crippen LogP contribution in [0.3, 0.4) is 0 Å². The number of anilines is 1. The Morgan fingerprint density at radius 3 is 2.64 bits per heavy atom. The summed E-state index contributed by atoms with van der Waals surface area (Å²) in [4.78, 5) is 12.1. The maximum absolute atomic E-state index is 5.51. The lowest BCUT2D eigenvalue weighted by molar-refractivity contribution is 0.768. The molecule has 0 saturated heterocycles. The summed E-state index contributed by atoms with van der Waals surface area (Å²) in [7, 11) is 1.83. The summed E-state index contributed by atoms with van der Waals surface area (Å²) in [6.07, 6.45) is 3.52. The van der Waals surface area contributed by atoms with Crippen LogP contribution in [0.25, 0.3) is 11.4 Å². The first kappa shape index (κ1) is 8.61. The van der Waals surface area contributed by atoms with Gasteiger partial charge in [-0.2, -0.15) is 15.1 Å². The van der Waals surface area contributed by atoms with Crippen molar-refractivity contribution in [1.29, 1.82) is 0 Å². The van der Waals surface area contributed by atoms with E-state index in [9.17, 15) is 0 Å². The van der Waals surface area contributed by atoms with E-state index in [0.29, 0.717) is 11.6 Å². The highest BCUT2D eigenvalue weighted by Crippen LogP contribution is 2.13. The molecule has 2 N–H and O–H groups in total. The first-order valence-electron chi connectivity index (χ1n) is 4.12. The van der Waals surface area contributed by atoms with Crippen molar-refractivity contribution in [3.8, 4) is 11.4 Å². The van der Waals surface area contributed by atoms with Gasteiger partial charge in [-0.3, -0.25) is 4.68 Å². The molecule has 2 aromatic heterocycles. The molecule has 72 valence electrons. The zero-order valence-corrected chi connectivity index (χ0v) is 7.97. The number of hydrogen-bond acceptors (Lipinski definition) is 5. The molecule has 0 saturated carbocycles. The number of rotatable bonds is 1. The largest absolute Gasteiger partial charge is 0.368 e. The molecule has 0 bridgehead atoms. The minimum atomic E-state index is 0.233. The van der Waals surface area contributed by atoms with E-state index in [4.69, 9.17) is 5.73 Å². The van der Waals surface area contributed by atoms with Crippen LogP contribution < -0.4 is 5.73 Å². The molecule has 2 aromatic rings. The maximum Gasteiger partial charge on any atom is 0.223 e. The average molecular weight is 190 g/mol. The molecule has 6 heteroatoms. The van der Waals surface area contributed by atoms with Crippen LogP contribution in [0.2, 0.25) is 0 Å². The normalized spacial score (nSPS) is 10.4. The lowest BCUT2D eigenvalue weighted by Crippen LogP contribution is -2.01. The van der Waals surface area contributed by atoms with Gasteiger partial charge in [0.05, 0.1) is 11.8 Å². The molecule has 6 nitrogen and oxygen atoms in total. The fraction of sp³-hybridized carbons (Fsp3) is 0.250. The van der Waals surface area contributed by atoms with E-state index in [2.05, 4.69) is 20.1 Å². The van der Waals surface area contributed by atoms with Crippen molar-refractivity contribution in [1.82, 2.24) is 24.7 Å². The second kappa shape index (κ2) is 3.06. The number of aryl methyl sites for hydroxylation is 2. The highest BCUT2D eigenvalue weighted by Gasteiger charge is 2.05. The lowest BCUT2D eigenvalue weighted by atomic mass is 10.3. The van der Waals surface area contributed by atoms with Crippen LogP contribution in [0.1, 0.15) is 5.82 Å². The Bertz CT molecular complexity index is 440. The quantitative estimate of drug-likeness (QED) is 0.692. The van der Waals surface area contributed by atoms with Gasteiger partial charge in [-0.05, 0) is 6.92 Å². The van der Waals surface area contributed by atoms with E-state index >= 15 is 0 Å². The van der Waals surface area contributed by atoms with Gasteiger partial charge in [0, 0.05) is 13.2 Å². The predicted octanol–water partition coefficient (Wildman–Crippen LogP) is 0.163. The molecule has 2 rings (SSSR count). The van der Waals surface area contributed by atoms with E-state index in [1.807, 2.05) is 13.2 Å². The van der Waals surface area contributed by atoms with Crippen LogP contribution in [0, 0.1) is 6.92 Å². The zero-order valence-electron chi connectivity index (χ0n) is 7.97. The summed E-state index contributed by atoms with van der Waals surface area (Å²) in [6.45, 7) is 1.78. The van der Waals surface area contributed by atoms with E-state index in [-0.39, 0.29) is 5.95 Å². The van der Waals surface area contributed by atoms with Crippen LogP contribution in [0.5, 0.6) is 0 Å². The van der Waals surface area contributed by atoms with Crippen LogP contribution in [0.15, 0.2) is 12.4 Å². The summed E-state index contributed by atoms with van der Waals surface area (Å²) in [5, 5.41) is 4.03. The molecule has 0 aliphatic rings. The van der Waals surface area contributed by atoms with E-state index in [1.54, 1.807) is 17.8 Å². The third kappa shape index (κ3) is 1.54. The number of nitrogen functional groups attached to an aromatic ring is 1. The molecule has 2 heterocycles. The minimum absolute atomic E-state index is 0.233. The molecule has 0 atom stereocenters. The molecule has 0 spiro atoms. The van der Waals surface area contributed by atoms with Crippen LogP contribution in [0.4, 0.5) is 5.95 Å². The maximum atomic E-state index is 5.51. The first-order chi connectivity index (χ1) is 6.65. The zero-order chi connectivity index (χ0) is 10.1. The van der Waals surface area contributed by atoms with Crippen molar-refractivity contribution in [2.75, 3.05) is 5.73 Å². The van der Waals surface area contributed by atoms with Gasteiger partial charge in [0.15, 0.2) is 5.82 Å². The Labute approximate surface area is 80.8 Å². The molecule has 0 aliphatic heterocycles. The first-order valence-corrected chi connectivity index (χ1v) is 4.12. The van der Waals surface area contributed by atoms with Gasteiger partial charge < -0.3 is 5.73 Å². The fourth-order valence-electron chi connectivity index (χ4n) is 1.17. The molecule has 0 aliphatic carbocycles. The second-order valence-electron chi connectivity index (χ2n) is 2.97. The summed E-state index contributed by atoms with van der Waals surface area (Å²) < 4.78 is 1.69. The van der Waals surface area contributed by atoms with Crippen LogP contribution >= 0.6 is 0 Å². The summed E-state index contributed by atoms with van der Waals surface area (Å²) in [6, 6.07) is 0. The Hall–Kier alpha value is -1.98. The second-order valence-corrected chi connectivity index (χ2v) is 2.97. The van der Waals surface area contributed by atoms with E-state index in [0.717, 1.165) is 5.56 Å². The Kier molecular flexibility index (Phi) is 1.88. The van der Waals surface area contributed by atoms with E-state index < -0.39 is 0 Å². The molecule has 14 heavy (non-hydrogen) atoms. The van der Waals surface area contributed by atoms with Crippen molar-refractivity contribution >= 4 is 5.95 Å².